The topological polar surface area (TPSA) is 63.1 Å². The van der Waals surface area contributed by atoms with Crippen molar-refractivity contribution < 1.29 is 9.90 Å². The zero-order chi connectivity index (χ0) is 11.5. The Hall–Kier alpha value is -0.602. The summed E-state index contributed by atoms with van der Waals surface area (Å²) < 4.78 is 0.110. The molecule has 6 heteroatoms. The van der Waals surface area contributed by atoms with Crippen LogP contribution in [0.1, 0.15) is 20.3 Å². The number of nitrogens with zero attached hydrogens (tertiary/aromatic N) is 2. The van der Waals surface area contributed by atoms with Crippen LogP contribution in [0.4, 0.5) is 0 Å². The fourth-order valence-electron chi connectivity index (χ4n) is 0.980. The Bertz CT molecular complexity index is 375. The summed E-state index contributed by atoms with van der Waals surface area (Å²) in [5.74, 6) is -0.764. The molecule has 4 nitrogen and oxygen atoms in total. The summed E-state index contributed by atoms with van der Waals surface area (Å²) in [6.45, 7) is 3.63. The van der Waals surface area contributed by atoms with Gasteiger partial charge < -0.3 is 0 Å². The van der Waals surface area contributed by atoms with Crippen LogP contribution in [-0.2, 0) is 4.79 Å². The van der Waals surface area contributed by atoms with Crippen molar-refractivity contribution in [2.75, 3.05) is 0 Å². The molecule has 0 saturated carbocycles. The third-order valence-electron chi connectivity index (χ3n) is 2.21. The van der Waals surface area contributed by atoms with Crippen molar-refractivity contribution in [3.8, 4) is 0 Å². The summed E-state index contributed by atoms with van der Waals surface area (Å²) in [5.41, 5.74) is 0. The summed E-state index contributed by atoms with van der Waals surface area (Å²) in [5, 5.41) is 9.30. The van der Waals surface area contributed by atoms with Crippen LogP contribution in [0.2, 0.25) is 9.49 Å². The van der Waals surface area contributed by atoms with E-state index in [1.165, 1.54) is 0 Å². The van der Waals surface area contributed by atoms with E-state index in [1.54, 1.807) is 19.2 Å². The summed E-state index contributed by atoms with van der Waals surface area (Å²) >= 11 is 4.78. The molecule has 15 heavy (non-hydrogen) atoms. The number of aliphatic carboxylic acids is 1. The monoisotopic (exact) mass is 290 g/mol. The number of aromatic nitrogens is 2. The van der Waals surface area contributed by atoms with Crippen molar-refractivity contribution in [3.05, 3.63) is 17.5 Å². The van der Waals surface area contributed by atoms with E-state index in [0.29, 0.717) is 6.42 Å². The second-order valence-corrected chi connectivity index (χ2v) is 7.58. The van der Waals surface area contributed by atoms with Crippen molar-refractivity contribution in [2.45, 2.75) is 24.5 Å². The fourth-order valence-corrected chi connectivity index (χ4v) is 3.73. The molecule has 1 rings (SSSR count). The molecule has 0 amide bonds. The van der Waals surface area contributed by atoms with Gasteiger partial charge in [-0.05, 0) is 0 Å². The molecule has 1 N–H and O–H groups in total. The van der Waals surface area contributed by atoms with Gasteiger partial charge in [0.15, 0.2) is 0 Å². The molecule has 0 aliphatic carbocycles. The molecule has 0 aromatic carbocycles. The summed E-state index contributed by atoms with van der Waals surface area (Å²) in [4.78, 5) is 18.9. The molecule has 0 radical (unpaired) electrons. The van der Waals surface area contributed by atoms with Crippen LogP contribution in [0, 0.1) is 0 Å². The minimum atomic E-state index is -0.862. The fraction of sp³-hybridized carbons (Fsp3) is 0.444. The van der Waals surface area contributed by atoms with E-state index in [-0.39, 0.29) is 5.28 Å². The van der Waals surface area contributed by atoms with Crippen molar-refractivity contribution in [2.24, 2.45) is 0 Å². The van der Waals surface area contributed by atoms with Gasteiger partial charge in [0.2, 0.25) is 0 Å². The van der Waals surface area contributed by atoms with Crippen LogP contribution >= 0.6 is 11.6 Å². The number of rotatable bonds is 4. The molecule has 2 unspecified atom stereocenters. The number of hydrogen-bond donors (Lipinski definition) is 1. The van der Waals surface area contributed by atoms with Gasteiger partial charge >= 0.3 is 99.7 Å². The molecule has 0 saturated heterocycles. The van der Waals surface area contributed by atoms with Crippen molar-refractivity contribution >= 4 is 37.8 Å². The minimum absolute atomic E-state index is 0.181. The van der Waals surface area contributed by atoms with Gasteiger partial charge in [0, 0.05) is 0 Å². The first-order valence-corrected chi connectivity index (χ1v) is 6.95. The van der Waals surface area contributed by atoms with Gasteiger partial charge in [0.05, 0.1) is 0 Å². The van der Waals surface area contributed by atoms with Crippen LogP contribution in [0.15, 0.2) is 12.3 Å². The van der Waals surface area contributed by atoms with Gasteiger partial charge in [-0.25, -0.2) is 0 Å². The van der Waals surface area contributed by atoms with E-state index in [0.717, 1.165) is 4.48 Å². The number of carboxylic acid groups (broad SMARTS) is 1. The van der Waals surface area contributed by atoms with E-state index in [1.807, 2.05) is 6.92 Å². The van der Waals surface area contributed by atoms with E-state index in [9.17, 15) is 4.79 Å². The summed E-state index contributed by atoms with van der Waals surface area (Å²) in [7, 11) is 0. The van der Waals surface area contributed by atoms with Gasteiger partial charge in [-0.15, -0.1) is 0 Å². The Labute approximate surface area is 99.8 Å². The third-order valence-corrected chi connectivity index (χ3v) is 5.86. The van der Waals surface area contributed by atoms with Gasteiger partial charge in [0.1, 0.15) is 0 Å². The average molecular weight is 291 g/mol. The number of hydrogen-bond acceptors (Lipinski definition) is 3. The zero-order valence-electron chi connectivity index (χ0n) is 8.49. The number of carboxylic acids is 1. The normalized spacial score (nSPS) is 15.4. The van der Waals surface area contributed by atoms with Crippen LogP contribution in [-0.4, -0.2) is 36.8 Å². The molecule has 0 aliphatic heterocycles. The first-order chi connectivity index (χ1) is 6.98. The van der Waals surface area contributed by atoms with Crippen molar-refractivity contribution in [3.63, 3.8) is 0 Å². The second kappa shape index (κ2) is 4.95. The van der Waals surface area contributed by atoms with Gasteiger partial charge in [-0.2, -0.15) is 0 Å². The van der Waals surface area contributed by atoms with Gasteiger partial charge in [-0.3, -0.25) is 0 Å². The molecule has 0 aliphatic rings. The first kappa shape index (κ1) is 12.5. The molecule has 1 heterocycles. The molecule has 0 spiro atoms. The Morgan fingerprint density at radius 1 is 1.73 bits per heavy atom. The summed E-state index contributed by atoms with van der Waals surface area (Å²) in [6.07, 6.45) is 2.16. The Morgan fingerprint density at radius 3 is 2.87 bits per heavy atom. The van der Waals surface area contributed by atoms with Crippen LogP contribution in [0.5, 0.6) is 0 Å². The molecular formula is C9H12AsClN2O2. The predicted molar refractivity (Wildman–Crippen MR) is 60.1 cm³/mol. The number of halogens is 1. The first-order valence-electron chi connectivity index (χ1n) is 4.48. The van der Waals surface area contributed by atoms with E-state index in [2.05, 4.69) is 9.97 Å². The Balaban J connectivity index is 2.89. The zero-order valence-corrected chi connectivity index (χ0v) is 11.3. The van der Waals surface area contributed by atoms with Crippen LogP contribution < -0.4 is 4.48 Å². The van der Waals surface area contributed by atoms with Gasteiger partial charge in [0.25, 0.3) is 0 Å². The summed E-state index contributed by atoms with van der Waals surface area (Å²) in [6, 6.07) is 1.74. The second-order valence-electron chi connectivity index (χ2n) is 3.33. The van der Waals surface area contributed by atoms with E-state index >= 15 is 0 Å². The molecule has 82 valence electrons. The Morgan fingerprint density at radius 2 is 2.40 bits per heavy atom. The van der Waals surface area contributed by atoms with E-state index in [4.69, 9.17) is 16.7 Å². The molecule has 1 aromatic heterocycles. The van der Waals surface area contributed by atoms with E-state index < -0.39 is 25.9 Å². The third kappa shape index (κ3) is 3.18. The van der Waals surface area contributed by atoms with Crippen LogP contribution in [0.3, 0.4) is 0 Å². The van der Waals surface area contributed by atoms with Gasteiger partial charge in [-0.1, -0.05) is 0 Å². The SMILES string of the molecule is CCC(C)([AsH]c1ccnc(Cl)n1)C(=O)O. The number of carbonyl (C=O) groups is 1. The molecular weight excluding hydrogens is 278 g/mol. The Kier molecular flexibility index (Phi) is 4.11. The molecule has 2 atom stereocenters. The van der Waals surface area contributed by atoms with Crippen molar-refractivity contribution in [1.82, 2.24) is 9.97 Å². The van der Waals surface area contributed by atoms with Crippen molar-refractivity contribution in [1.29, 1.82) is 0 Å². The maximum absolute atomic E-state index is 11.1. The standard InChI is InChI=1S/C9H12AsClN2O2/c1-3-9(2,7(14)15)10-6-4-5-12-8(11)13-6/h4-5,10H,3H2,1-2H3,(H,14,15). The predicted octanol–water partition coefficient (Wildman–Crippen LogP) is 0.865. The van der Waals surface area contributed by atoms with Crippen LogP contribution in [0.25, 0.3) is 0 Å². The molecule has 0 fully saturated rings. The average Bonchev–Trinajstić information content (AvgIpc) is 2.17. The quantitative estimate of drug-likeness (QED) is 0.660. The molecule has 1 aromatic rings. The maximum atomic E-state index is 11.1. The molecule has 0 bridgehead atoms.